The van der Waals surface area contributed by atoms with E-state index in [0.717, 1.165) is 25.9 Å². The van der Waals surface area contributed by atoms with Crippen LogP contribution in [0.2, 0.25) is 0 Å². The molecule has 4 heteroatoms. The molecule has 1 aliphatic rings. The van der Waals surface area contributed by atoms with E-state index in [1.54, 1.807) is 11.3 Å². The Kier molecular flexibility index (Phi) is 2.84. The smallest absolute Gasteiger partial charge is 0.236 e. The van der Waals surface area contributed by atoms with Gasteiger partial charge in [-0.15, -0.1) is 11.3 Å². The Balaban J connectivity index is 2.15. The van der Waals surface area contributed by atoms with Crippen LogP contribution in [0.5, 0.6) is 0 Å². The van der Waals surface area contributed by atoms with Gasteiger partial charge in [-0.3, -0.25) is 4.79 Å². The highest BCUT2D eigenvalue weighted by Gasteiger charge is 2.18. The van der Waals surface area contributed by atoms with Crippen molar-refractivity contribution >= 4 is 17.2 Å². The van der Waals surface area contributed by atoms with Crippen molar-refractivity contribution in [3.05, 3.63) is 21.9 Å². The van der Waals surface area contributed by atoms with Crippen molar-refractivity contribution in [2.24, 2.45) is 5.73 Å². The monoisotopic (exact) mass is 210 g/mol. The summed E-state index contributed by atoms with van der Waals surface area (Å²) < 4.78 is 0. The minimum absolute atomic E-state index is 0.0593. The Bertz CT molecular complexity index is 335. The second-order valence-corrected chi connectivity index (χ2v) is 4.49. The maximum atomic E-state index is 11.5. The van der Waals surface area contributed by atoms with E-state index >= 15 is 0 Å². The molecule has 1 aromatic rings. The largest absolute Gasteiger partial charge is 0.337 e. The van der Waals surface area contributed by atoms with Gasteiger partial charge in [0.1, 0.15) is 0 Å². The molecule has 2 heterocycles. The molecule has 0 saturated carbocycles. The van der Waals surface area contributed by atoms with E-state index in [1.807, 2.05) is 4.90 Å². The predicted molar refractivity (Wildman–Crippen MR) is 57.1 cm³/mol. The van der Waals surface area contributed by atoms with Crippen LogP contribution < -0.4 is 5.73 Å². The first kappa shape index (κ1) is 9.68. The van der Waals surface area contributed by atoms with Crippen molar-refractivity contribution in [1.29, 1.82) is 0 Å². The molecule has 2 N–H and O–H groups in total. The lowest BCUT2D eigenvalue weighted by atomic mass is 10.2. The zero-order valence-corrected chi connectivity index (χ0v) is 8.85. The number of thiophene rings is 1. The summed E-state index contributed by atoms with van der Waals surface area (Å²) in [5.41, 5.74) is 6.66. The number of nitrogens with zero attached hydrogens (tertiary/aromatic N) is 1. The summed E-state index contributed by atoms with van der Waals surface area (Å²) in [4.78, 5) is 14.7. The Hall–Kier alpha value is -0.870. The summed E-state index contributed by atoms with van der Waals surface area (Å²) in [6.45, 7) is 1.71. The molecule has 14 heavy (non-hydrogen) atoms. The molecule has 0 unspecified atom stereocenters. The van der Waals surface area contributed by atoms with Crippen molar-refractivity contribution in [3.8, 4) is 0 Å². The number of carbonyl (C=O) groups excluding carboxylic acids is 1. The molecule has 0 aliphatic carbocycles. The first-order valence-corrected chi connectivity index (χ1v) is 5.72. The van der Waals surface area contributed by atoms with Gasteiger partial charge >= 0.3 is 0 Å². The minimum atomic E-state index is 0.0593. The lowest BCUT2D eigenvalue weighted by Crippen LogP contribution is -2.35. The Labute approximate surface area is 87.5 Å². The van der Waals surface area contributed by atoms with Crippen molar-refractivity contribution in [3.63, 3.8) is 0 Å². The molecule has 1 amide bonds. The van der Waals surface area contributed by atoms with Crippen LogP contribution in [-0.4, -0.2) is 23.9 Å². The van der Waals surface area contributed by atoms with Crippen molar-refractivity contribution < 1.29 is 4.79 Å². The average molecular weight is 210 g/mol. The summed E-state index contributed by atoms with van der Waals surface area (Å²) in [6, 6.07) is 2.11. The third kappa shape index (κ3) is 1.81. The predicted octanol–water partition coefficient (Wildman–Crippen LogP) is 0.982. The third-order valence-electron chi connectivity index (χ3n) is 2.56. The summed E-state index contributed by atoms with van der Waals surface area (Å²) in [5.74, 6) is 0.0593. The normalized spacial score (nSPS) is 16.2. The zero-order valence-electron chi connectivity index (χ0n) is 8.03. The van der Waals surface area contributed by atoms with Gasteiger partial charge in [0.15, 0.2) is 0 Å². The molecule has 1 aliphatic heterocycles. The van der Waals surface area contributed by atoms with E-state index in [1.165, 1.54) is 10.4 Å². The zero-order chi connectivity index (χ0) is 9.97. The number of fused-ring (bicyclic) bond motifs is 1. The van der Waals surface area contributed by atoms with E-state index in [-0.39, 0.29) is 12.5 Å². The lowest BCUT2D eigenvalue weighted by Gasteiger charge is -2.19. The highest BCUT2D eigenvalue weighted by atomic mass is 32.1. The Morgan fingerprint density at radius 3 is 3.29 bits per heavy atom. The molecule has 0 radical (unpaired) electrons. The van der Waals surface area contributed by atoms with Gasteiger partial charge in [0.2, 0.25) is 5.91 Å². The van der Waals surface area contributed by atoms with Gasteiger partial charge in [-0.1, -0.05) is 0 Å². The number of hydrogen-bond acceptors (Lipinski definition) is 3. The minimum Gasteiger partial charge on any atom is -0.337 e. The molecule has 2 rings (SSSR count). The fourth-order valence-electron chi connectivity index (χ4n) is 1.78. The van der Waals surface area contributed by atoms with Gasteiger partial charge in [-0.05, 0) is 29.9 Å². The molecule has 0 saturated heterocycles. The van der Waals surface area contributed by atoms with Crippen LogP contribution in [0.15, 0.2) is 11.4 Å². The van der Waals surface area contributed by atoms with Crippen molar-refractivity contribution in [2.45, 2.75) is 19.4 Å². The van der Waals surface area contributed by atoms with Crippen LogP contribution in [-0.2, 0) is 17.8 Å². The van der Waals surface area contributed by atoms with E-state index in [9.17, 15) is 4.79 Å². The third-order valence-corrected chi connectivity index (χ3v) is 3.58. The van der Waals surface area contributed by atoms with E-state index in [4.69, 9.17) is 5.73 Å². The Morgan fingerprint density at radius 1 is 1.64 bits per heavy atom. The van der Waals surface area contributed by atoms with Gasteiger partial charge in [-0.25, -0.2) is 0 Å². The number of carbonyl (C=O) groups is 1. The number of nitrogens with two attached hydrogens (primary N) is 1. The molecular weight excluding hydrogens is 196 g/mol. The summed E-state index contributed by atoms with van der Waals surface area (Å²) in [5, 5.41) is 2.10. The van der Waals surface area contributed by atoms with E-state index in [2.05, 4.69) is 11.4 Å². The second kappa shape index (κ2) is 4.11. The molecule has 0 atom stereocenters. The van der Waals surface area contributed by atoms with Crippen LogP contribution in [0.4, 0.5) is 0 Å². The second-order valence-electron chi connectivity index (χ2n) is 3.49. The van der Waals surface area contributed by atoms with Gasteiger partial charge in [-0.2, -0.15) is 0 Å². The number of amides is 1. The van der Waals surface area contributed by atoms with E-state index in [0.29, 0.717) is 0 Å². The molecule has 0 bridgehead atoms. The summed E-state index contributed by atoms with van der Waals surface area (Å²) >= 11 is 1.79. The van der Waals surface area contributed by atoms with Gasteiger partial charge < -0.3 is 10.6 Å². The molecule has 1 aromatic heterocycles. The quantitative estimate of drug-likeness (QED) is 0.751. The van der Waals surface area contributed by atoms with Crippen molar-refractivity contribution in [1.82, 2.24) is 4.90 Å². The van der Waals surface area contributed by atoms with Crippen LogP contribution in [0.25, 0.3) is 0 Å². The SMILES string of the molecule is NCC(=O)N1CCCc2sccc2C1. The average Bonchev–Trinajstić information content (AvgIpc) is 2.54. The topological polar surface area (TPSA) is 46.3 Å². The number of hydrogen-bond donors (Lipinski definition) is 1. The fraction of sp³-hybridized carbons (Fsp3) is 0.500. The standard InChI is InChI=1S/C10H14N2OS/c11-6-10(13)12-4-1-2-9-8(7-12)3-5-14-9/h3,5H,1-2,4,6-7,11H2. The van der Waals surface area contributed by atoms with Crippen LogP contribution in [0.3, 0.4) is 0 Å². The first-order chi connectivity index (χ1) is 6.81. The molecule has 3 nitrogen and oxygen atoms in total. The van der Waals surface area contributed by atoms with Crippen LogP contribution in [0.1, 0.15) is 16.9 Å². The summed E-state index contributed by atoms with van der Waals surface area (Å²) in [6.07, 6.45) is 2.15. The van der Waals surface area contributed by atoms with E-state index < -0.39 is 0 Å². The fourth-order valence-corrected chi connectivity index (χ4v) is 2.73. The maximum absolute atomic E-state index is 11.5. The summed E-state index contributed by atoms with van der Waals surface area (Å²) in [7, 11) is 0. The van der Waals surface area contributed by atoms with Gasteiger partial charge in [0, 0.05) is 18.0 Å². The Morgan fingerprint density at radius 2 is 2.50 bits per heavy atom. The van der Waals surface area contributed by atoms with Gasteiger partial charge in [0.25, 0.3) is 0 Å². The van der Waals surface area contributed by atoms with Crippen LogP contribution in [0, 0.1) is 0 Å². The first-order valence-electron chi connectivity index (χ1n) is 4.84. The molecular formula is C10H14N2OS. The molecule has 0 spiro atoms. The highest BCUT2D eigenvalue weighted by molar-refractivity contribution is 7.10. The molecule has 0 fully saturated rings. The molecule has 0 aromatic carbocycles. The highest BCUT2D eigenvalue weighted by Crippen LogP contribution is 2.23. The lowest BCUT2D eigenvalue weighted by molar-refractivity contribution is -0.130. The number of aryl methyl sites for hydroxylation is 1. The van der Waals surface area contributed by atoms with Crippen molar-refractivity contribution in [2.75, 3.05) is 13.1 Å². The van der Waals surface area contributed by atoms with Crippen LogP contribution >= 0.6 is 11.3 Å². The van der Waals surface area contributed by atoms with Gasteiger partial charge in [0.05, 0.1) is 6.54 Å². The maximum Gasteiger partial charge on any atom is 0.236 e. The molecule has 76 valence electrons. The number of rotatable bonds is 1.